The van der Waals surface area contributed by atoms with Gasteiger partial charge < -0.3 is 0 Å². The van der Waals surface area contributed by atoms with Crippen LogP contribution in [-0.2, 0) is 0 Å². The van der Waals surface area contributed by atoms with Gasteiger partial charge in [-0.15, -0.1) is 0 Å². The van der Waals surface area contributed by atoms with E-state index in [9.17, 15) is 4.79 Å². The summed E-state index contributed by atoms with van der Waals surface area (Å²) in [5.41, 5.74) is 1.90. The highest BCUT2D eigenvalue weighted by Gasteiger charge is 2.34. The highest BCUT2D eigenvalue weighted by Crippen LogP contribution is 2.43. The predicted octanol–water partition coefficient (Wildman–Crippen LogP) is 3.15. The maximum absolute atomic E-state index is 12.0. The molecule has 0 spiro atoms. The van der Waals surface area contributed by atoms with E-state index in [1.54, 1.807) is 6.20 Å². The molecule has 1 fully saturated rings. The standard InChI is InChI=1S/C13H17NO/c1-10-5-3-8-14-12(10)11(15)9-13(2)6-4-7-13/h3,5,8H,4,6-7,9H2,1-2H3. The van der Waals surface area contributed by atoms with Crippen molar-refractivity contribution in [1.29, 1.82) is 0 Å². The van der Waals surface area contributed by atoms with Crippen LogP contribution < -0.4 is 0 Å². The molecule has 0 radical (unpaired) electrons. The van der Waals surface area contributed by atoms with Gasteiger partial charge in [0.05, 0.1) is 0 Å². The van der Waals surface area contributed by atoms with Crippen molar-refractivity contribution in [2.24, 2.45) is 5.41 Å². The predicted molar refractivity (Wildman–Crippen MR) is 59.9 cm³/mol. The zero-order chi connectivity index (χ0) is 10.9. The number of pyridine rings is 1. The smallest absolute Gasteiger partial charge is 0.181 e. The van der Waals surface area contributed by atoms with Crippen molar-refractivity contribution in [3.63, 3.8) is 0 Å². The molecule has 2 nitrogen and oxygen atoms in total. The number of carbonyl (C=O) groups is 1. The molecule has 0 unspecified atom stereocenters. The minimum atomic E-state index is 0.204. The Morgan fingerprint density at radius 2 is 2.27 bits per heavy atom. The minimum absolute atomic E-state index is 0.204. The Bertz CT molecular complexity index is 380. The molecule has 1 aliphatic carbocycles. The van der Waals surface area contributed by atoms with Gasteiger partial charge in [-0.05, 0) is 36.8 Å². The summed E-state index contributed by atoms with van der Waals surface area (Å²) in [6.45, 7) is 4.15. The molecule has 1 aromatic rings. The highest BCUT2D eigenvalue weighted by atomic mass is 16.1. The van der Waals surface area contributed by atoms with Crippen LogP contribution in [-0.4, -0.2) is 10.8 Å². The lowest BCUT2D eigenvalue weighted by molar-refractivity contribution is 0.0811. The van der Waals surface area contributed by atoms with Crippen LogP contribution in [0.25, 0.3) is 0 Å². The second-order valence-corrected chi connectivity index (χ2v) is 4.93. The number of rotatable bonds is 3. The summed E-state index contributed by atoms with van der Waals surface area (Å²) < 4.78 is 0. The minimum Gasteiger partial charge on any atom is -0.292 e. The summed E-state index contributed by atoms with van der Waals surface area (Å²) in [7, 11) is 0. The lowest BCUT2D eigenvalue weighted by atomic mass is 9.67. The summed E-state index contributed by atoms with van der Waals surface area (Å²) >= 11 is 0. The molecular weight excluding hydrogens is 186 g/mol. The third-order valence-electron chi connectivity index (χ3n) is 3.42. The lowest BCUT2D eigenvalue weighted by Crippen LogP contribution is -2.29. The number of aromatic nitrogens is 1. The Morgan fingerprint density at radius 1 is 1.53 bits per heavy atom. The van der Waals surface area contributed by atoms with E-state index in [2.05, 4.69) is 11.9 Å². The molecule has 0 aliphatic heterocycles. The van der Waals surface area contributed by atoms with Crippen molar-refractivity contribution in [2.75, 3.05) is 0 Å². The van der Waals surface area contributed by atoms with Gasteiger partial charge in [0.25, 0.3) is 0 Å². The summed E-state index contributed by atoms with van der Waals surface area (Å²) in [6, 6.07) is 3.82. The van der Waals surface area contributed by atoms with Crippen molar-refractivity contribution < 1.29 is 4.79 Å². The van der Waals surface area contributed by atoms with Crippen LogP contribution in [0.5, 0.6) is 0 Å². The molecule has 15 heavy (non-hydrogen) atoms. The Morgan fingerprint density at radius 3 is 2.80 bits per heavy atom. The molecule has 1 heterocycles. The van der Waals surface area contributed by atoms with E-state index in [4.69, 9.17) is 0 Å². The first-order valence-corrected chi connectivity index (χ1v) is 5.56. The van der Waals surface area contributed by atoms with E-state index in [1.807, 2.05) is 19.1 Å². The number of hydrogen-bond acceptors (Lipinski definition) is 2. The van der Waals surface area contributed by atoms with Gasteiger partial charge in [-0.1, -0.05) is 19.4 Å². The first kappa shape index (κ1) is 10.3. The number of carbonyl (C=O) groups excluding carboxylic acids is 1. The Labute approximate surface area is 90.7 Å². The highest BCUT2D eigenvalue weighted by molar-refractivity contribution is 5.95. The molecule has 1 aliphatic rings. The molecule has 0 aromatic carbocycles. The normalized spacial score (nSPS) is 18.3. The van der Waals surface area contributed by atoms with E-state index in [0.29, 0.717) is 12.1 Å². The lowest BCUT2D eigenvalue weighted by Gasteiger charge is -2.37. The van der Waals surface area contributed by atoms with Gasteiger partial charge in [-0.25, -0.2) is 0 Å². The second-order valence-electron chi connectivity index (χ2n) is 4.93. The molecule has 1 aromatic heterocycles. The molecule has 0 saturated heterocycles. The van der Waals surface area contributed by atoms with Gasteiger partial charge >= 0.3 is 0 Å². The van der Waals surface area contributed by atoms with E-state index in [0.717, 1.165) is 5.56 Å². The van der Waals surface area contributed by atoms with E-state index in [-0.39, 0.29) is 11.2 Å². The van der Waals surface area contributed by atoms with Crippen LogP contribution in [0, 0.1) is 12.3 Å². The molecule has 0 bridgehead atoms. The molecular formula is C13H17NO. The van der Waals surface area contributed by atoms with Crippen molar-refractivity contribution >= 4 is 5.78 Å². The third kappa shape index (κ3) is 2.09. The Kier molecular flexibility index (Phi) is 2.59. The van der Waals surface area contributed by atoms with Crippen LogP contribution in [0.1, 0.15) is 48.7 Å². The van der Waals surface area contributed by atoms with Gasteiger partial charge in [0, 0.05) is 12.6 Å². The topological polar surface area (TPSA) is 30.0 Å². The fourth-order valence-electron chi connectivity index (χ4n) is 2.21. The summed E-state index contributed by atoms with van der Waals surface area (Å²) in [4.78, 5) is 16.2. The largest absolute Gasteiger partial charge is 0.292 e. The molecule has 2 rings (SSSR count). The van der Waals surface area contributed by atoms with E-state index in [1.165, 1.54) is 19.3 Å². The maximum Gasteiger partial charge on any atom is 0.181 e. The molecule has 0 amide bonds. The monoisotopic (exact) mass is 203 g/mol. The van der Waals surface area contributed by atoms with Crippen LogP contribution in [0.15, 0.2) is 18.3 Å². The van der Waals surface area contributed by atoms with Crippen LogP contribution in [0.4, 0.5) is 0 Å². The van der Waals surface area contributed by atoms with Crippen LogP contribution in [0.3, 0.4) is 0 Å². The summed E-state index contributed by atoms with van der Waals surface area (Å²) in [5, 5.41) is 0. The molecule has 0 N–H and O–H groups in total. The first-order valence-electron chi connectivity index (χ1n) is 5.56. The van der Waals surface area contributed by atoms with Crippen LogP contribution >= 0.6 is 0 Å². The second kappa shape index (κ2) is 3.76. The van der Waals surface area contributed by atoms with Crippen molar-refractivity contribution in [3.05, 3.63) is 29.6 Å². The average Bonchev–Trinajstić information content (AvgIpc) is 2.16. The van der Waals surface area contributed by atoms with Crippen molar-refractivity contribution in [1.82, 2.24) is 4.98 Å². The fraction of sp³-hybridized carbons (Fsp3) is 0.538. The van der Waals surface area contributed by atoms with E-state index >= 15 is 0 Å². The molecule has 1 saturated carbocycles. The van der Waals surface area contributed by atoms with Gasteiger partial charge in [0.2, 0.25) is 0 Å². The first-order chi connectivity index (χ1) is 7.11. The average molecular weight is 203 g/mol. The number of ketones is 1. The summed E-state index contributed by atoms with van der Waals surface area (Å²) in [5.74, 6) is 0.204. The summed E-state index contributed by atoms with van der Waals surface area (Å²) in [6.07, 6.45) is 5.99. The van der Waals surface area contributed by atoms with E-state index < -0.39 is 0 Å². The van der Waals surface area contributed by atoms with Gasteiger partial charge in [-0.2, -0.15) is 0 Å². The number of nitrogens with zero attached hydrogens (tertiary/aromatic N) is 1. The third-order valence-corrected chi connectivity index (χ3v) is 3.42. The quantitative estimate of drug-likeness (QED) is 0.706. The number of Topliss-reactive ketones (excluding diaryl/α,β-unsaturated/α-hetero) is 1. The molecule has 80 valence electrons. The van der Waals surface area contributed by atoms with Crippen LogP contribution in [0.2, 0.25) is 0 Å². The molecule has 2 heteroatoms. The number of aryl methyl sites for hydroxylation is 1. The zero-order valence-corrected chi connectivity index (χ0v) is 9.42. The Balaban J connectivity index is 2.11. The van der Waals surface area contributed by atoms with Crippen molar-refractivity contribution in [3.8, 4) is 0 Å². The van der Waals surface area contributed by atoms with Gasteiger partial charge in [0.15, 0.2) is 5.78 Å². The Hall–Kier alpha value is -1.18. The fourth-order valence-corrected chi connectivity index (χ4v) is 2.21. The zero-order valence-electron chi connectivity index (χ0n) is 9.42. The van der Waals surface area contributed by atoms with Gasteiger partial charge in [-0.3, -0.25) is 9.78 Å². The van der Waals surface area contributed by atoms with Crippen molar-refractivity contribution in [2.45, 2.75) is 39.5 Å². The number of hydrogen-bond donors (Lipinski definition) is 0. The maximum atomic E-state index is 12.0. The van der Waals surface area contributed by atoms with Gasteiger partial charge in [0.1, 0.15) is 5.69 Å². The molecule has 0 atom stereocenters. The SMILES string of the molecule is Cc1cccnc1C(=O)CC1(C)CCC1.